The summed E-state index contributed by atoms with van der Waals surface area (Å²) in [6, 6.07) is 0. The molecule has 158 valence electrons. The van der Waals surface area contributed by atoms with Crippen LogP contribution in [0.1, 0.15) is 103 Å². The maximum absolute atomic E-state index is 13.0. The molecular weight excluding hydrogens is 344 g/mol. The lowest BCUT2D eigenvalue weighted by Crippen LogP contribution is -2.46. The Hall–Kier alpha value is -0.370. The van der Waals surface area contributed by atoms with Crippen LogP contribution in [0.4, 0.5) is 0 Å². The largest absolute Gasteiger partial charge is 0.367 e. The van der Waals surface area contributed by atoms with Crippen molar-refractivity contribution in [2.45, 2.75) is 109 Å². The van der Waals surface area contributed by atoms with Crippen molar-refractivity contribution in [2.24, 2.45) is 41.4 Å². The molecule has 0 N–H and O–H groups in total. The molecule has 0 aromatic carbocycles. The summed E-state index contributed by atoms with van der Waals surface area (Å²) in [5.41, 5.74) is -0.00349. The molecular formula is C26H42O2. The quantitative estimate of drug-likeness (QED) is 0.516. The van der Waals surface area contributed by atoms with E-state index in [1.165, 1.54) is 83.5 Å². The van der Waals surface area contributed by atoms with Crippen molar-refractivity contribution in [1.82, 2.24) is 0 Å². The first kappa shape index (κ1) is 19.6. The number of hydrogen-bond donors (Lipinski definition) is 0. The molecule has 0 spiro atoms. The average Bonchev–Trinajstić information content (AvgIpc) is 3.01. The predicted molar refractivity (Wildman–Crippen MR) is 113 cm³/mol. The summed E-state index contributed by atoms with van der Waals surface area (Å²) in [4.78, 5) is 13.0. The highest BCUT2D eigenvalue weighted by atomic mass is 16.5. The van der Waals surface area contributed by atoms with E-state index in [0.717, 1.165) is 48.3 Å². The molecule has 2 nitrogen and oxygen atoms in total. The highest BCUT2D eigenvalue weighted by Gasteiger charge is 2.48. The van der Waals surface area contributed by atoms with Crippen molar-refractivity contribution in [1.29, 1.82) is 0 Å². The summed E-state index contributed by atoms with van der Waals surface area (Å²) in [5, 5.41) is 0. The molecule has 0 radical (unpaired) electrons. The van der Waals surface area contributed by atoms with Gasteiger partial charge < -0.3 is 4.74 Å². The molecule has 6 fully saturated rings. The molecule has 0 aromatic heterocycles. The first-order valence-corrected chi connectivity index (χ1v) is 12.8. The fourth-order valence-corrected chi connectivity index (χ4v) is 8.60. The molecule has 0 amide bonds. The van der Waals surface area contributed by atoms with E-state index in [9.17, 15) is 4.79 Å². The summed E-state index contributed by atoms with van der Waals surface area (Å²) in [6.45, 7) is 2.69. The second-order valence-corrected chi connectivity index (χ2v) is 11.7. The Morgan fingerprint density at radius 1 is 0.857 bits per heavy atom. The molecule has 6 rings (SSSR count). The molecule has 3 atom stereocenters. The Morgan fingerprint density at radius 2 is 1.50 bits per heavy atom. The lowest BCUT2D eigenvalue weighted by atomic mass is 9.51. The molecule has 0 aliphatic heterocycles. The zero-order chi connectivity index (χ0) is 19.1. The third-order valence-electron chi connectivity index (χ3n) is 9.88. The number of carbonyl (C=O) groups is 1. The van der Waals surface area contributed by atoms with Crippen LogP contribution >= 0.6 is 0 Å². The van der Waals surface area contributed by atoms with Gasteiger partial charge in [0, 0.05) is 6.42 Å². The molecule has 0 heterocycles. The van der Waals surface area contributed by atoms with Gasteiger partial charge in [0.2, 0.25) is 0 Å². The van der Waals surface area contributed by atoms with Gasteiger partial charge in [0.05, 0.1) is 5.60 Å². The molecule has 28 heavy (non-hydrogen) atoms. The van der Waals surface area contributed by atoms with Crippen LogP contribution in [0.2, 0.25) is 0 Å². The number of fused-ring (bicyclic) bond motifs is 2. The standard InChI is InChI=1S/C26H42O2/c1-2-26(8-7-18-5-3-4-6-19(9-18)16-26)28-17-24(27)15-25-22-11-20-10-21(13-22)14-23(25)12-20/h18-23,25H,2-17H2,1H3/t18-,19-,20?,21?,22?,23?,25?,26+/m0/s1. The summed E-state index contributed by atoms with van der Waals surface area (Å²) >= 11 is 0. The lowest BCUT2D eigenvalue weighted by Gasteiger charge is -2.54. The maximum atomic E-state index is 13.0. The number of hydrogen-bond acceptors (Lipinski definition) is 2. The van der Waals surface area contributed by atoms with E-state index in [2.05, 4.69) is 6.92 Å². The molecule has 0 aromatic rings. The lowest BCUT2D eigenvalue weighted by molar-refractivity contribution is -0.138. The Kier molecular flexibility index (Phi) is 5.63. The van der Waals surface area contributed by atoms with Gasteiger partial charge in [0.1, 0.15) is 6.61 Å². The topological polar surface area (TPSA) is 26.3 Å². The maximum Gasteiger partial charge on any atom is 0.158 e. The van der Waals surface area contributed by atoms with Crippen molar-refractivity contribution >= 4 is 5.78 Å². The number of carbonyl (C=O) groups excluding carboxylic acids is 1. The molecule has 6 saturated carbocycles. The van der Waals surface area contributed by atoms with Gasteiger partial charge in [-0.15, -0.1) is 0 Å². The molecule has 0 unspecified atom stereocenters. The molecule has 6 bridgehead atoms. The van der Waals surface area contributed by atoms with Gasteiger partial charge in [-0.3, -0.25) is 4.79 Å². The van der Waals surface area contributed by atoms with Crippen molar-refractivity contribution in [3.8, 4) is 0 Å². The summed E-state index contributed by atoms with van der Waals surface area (Å²) < 4.78 is 6.55. The van der Waals surface area contributed by atoms with Crippen LogP contribution < -0.4 is 0 Å². The summed E-state index contributed by atoms with van der Waals surface area (Å²) in [7, 11) is 0. The number of Topliss-reactive ketones (excluding diaryl/α,β-unsaturated/α-hetero) is 1. The third kappa shape index (κ3) is 3.96. The van der Waals surface area contributed by atoms with Gasteiger partial charge in [-0.2, -0.15) is 0 Å². The van der Waals surface area contributed by atoms with Crippen LogP contribution in [0.5, 0.6) is 0 Å². The second kappa shape index (κ2) is 8.05. The average molecular weight is 387 g/mol. The van der Waals surface area contributed by atoms with E-state index in [1.807, 2.05) is 0 Å². The van der Waals surface area contributed by atoms with Crippen LogP contribution in [-0.4, -0.2) is 18.0 Å². The van der Waals surface area contributed by atoms with E-state index in [1.54, 1.807) is 0 Å². The molecule has 6 aliphatic carbocycles. The monoisotopic (exact) mass is 386 g/mol. The second-order valence-electron chi connectivity index (χ2n) is 11.7. The van der Waals surface area contributed by atoms with E-state index < -0.39 is 0 Å². The molecule has 6 aliphatic rings. The van der Waals surface area contributed by atoms with Gasteiger partial charge in [-0.05, 0) is 106 Å². The van der Waals surface area contributed by atoms with E-state index >= 15 is 0 Å². The highest BCUT2D eigenvalue weighted by Crippen LogP contribution is 2.57. The van der Waals surface area contributed by atoms with Crippen LogP contribution in [0, 0.1) is 41.4 Å². The van der Waals surface area contributed by atoms with E-state index in [-0.39, 0.29) is 5.60 Å². The zero-order valence-electron chi connectivity index (χ0n) is 18.2. The zero-order valence-corrected chi connectivity index (χ0v) is 18.2. The fourth-order valence-electron chi connectivity index (χ4n) is 8.60. The fraction of sp³-hybridized carbons (Fsp3) is 0.962. The molecule has 0 saturated heterocycles. The summed E-state index contributed by atoms with van der Waals surface area (Å²) in [6.07, 6.45) is 19.9. The summed E-state index contributed by atoms with van der Waals surface area (Å²) in [5.74, 6) is 6.60. The third-order valence-corrected chi connectivity index (χ3v) is 9.88. The SMILES string of the molecule is CC[C@@]1(OCC(=O)CC2C3CC4CC(C3)CC2C4)CC[C@@H]2CCCC[C@@H](C2)C1. The van der Waals surface area contributed by atoms with Crippen molar-refractivity contribution in [3.63, 3.8) is 0 Å². The minimum atomic E-state index is -0.00349. The minimum Gasteiger partial charge on any atom is -0.367 e. The normalized spacial score (nSPS) is 47.5. The van der Waals surface area contributed by atoms with E-state index in [0.29, 0.717) is 18.3 Å². The van der Waals surface area contributed by atoms with Crippen LogP contribution in [0.25, 0.3) is 0 Å². The van der Waals surface area contributed by atoms with E-state index in [4.69, 9.17) is 4.74 Å². The van der Waals surface area contributed by atoms with Gasteiger partial charge in [-0.25, -0.2) is 0 Å². The van der Waals surface area contributed by atoms with Gasteiger partial charge in [0.15, 0.2) is 5.78 Å². The Balaban J connectivity index is 1.17. The first-order valence-electron chi connectivity index (χ1n) is 12.8. The number of rotatable bonds is 6. The number of ether oxygens (including phenoxy) is 1. The van der Waals surface area contributed by atoms with Crippen molar-refractivity contribution < 1.29 is 9.53 Å². The Morgan fingerprint density at radius 3 is 2.18 bits per heavy atom. The number of ketones is 1. The van der Waals surface area contributed by atoms with Crippen LogP contribution in [0.3, 0.4) is 0 Å². The Labute approximate surface area is 172 Å². The van der Waals surface area contributed by atoms with Gasteiger partial charge in [-0.1, -0.05) is 32.6 Å². The van der Waals surface area contributed by atoms with Crippen molar-refractivity contribution in [2.75, 3.05) is 6.61 Å². The first-order chi connectivity index (χ1) is 13.6. The Bertz CT molecular complexity index is 541. The highest BCUT2D eigenvalue weighted by molar-refractivity contribution is 5.80. The molecule has 2 heteroatoms. The van der Waals surface area contributed by atoms with Crippen LogP contribution in [0.15, 0.2) is 0 Å². The van der Waals surface area contributed by atoms with Gasteiger partial charge >= 0.3 is 0 Å². The van der Waals surface area contributed by atoms with Gasteiger partial charge in [0.25, 0.3) is 0 Å². The minimum absolute atomic E-state index is 0.00349. The van der Waals surface area contributed by atoms with Crippen molar-refractivity contribution in [3.05, 3.63) is 0 Å². The smallest absolute Gasteiger partial charge is 0.158 e. The predicted octanol–water partition coefficient (Wildman–Crippen LogP) is 6.56. The van der Waals surface area contributed by atoms with Crippen LogP contribution in [-0.2, 0) is 9.53 Å².